The third-order valence-electron chi connectivity index (χ3n) is 2.40. The van der Waals surface area contributed by atoms with Gasteiger partial charge in [0.05, 0.1) is 10.8 Å². The van der Waals surface area contributed by atoms with Gasteiger partial charge in [-0.25, -0.2) is 0 Å². The highest BCUT2D eigenvalue weighted by atomic mass is 33.7. The van der Waals surface area contributed by atoms with Crippen LogP contribution in [0.2, 0.25) is 0 Å². The van der Waals surface area contributed by atoms with Gasteiger partial charge >= 0.3 is 0 Å². The van der Waals surface area contributed by atoms with Crippen LogP contribution in [0.1, 0.15) is 0 Å². The van der Waals surface area contributed by atoms with Crippen LogP contribution in [0.3, 0.4) is 0 Å². The van der Waals surface area contributed by atoms with E-state index in [1.54, 1.807) is 0 Å². The molecule has 1 aliphatic heterocycles. The number of hydrogen-bond donors (Lipinski definition) is 0. The van der Waals surface area contributed by atoms with Gasteiger partial charge in [0.15, 0.2) is 0 Å². The van der Waals surface area contributed by atoms with Crippen molar-refractivity contribution in [1.82, 2.24) is 0 Å². The Morgan fingerprint density at radius 3 is 1.94 bits per heavy atom. The Labute approximate surface area is 115 Å². The topological polar surface area (TPSA) is 0 Å². The summed E-state index contributed by atoms with van der Waals surface area (Å²) in [5.74, 6) is 0. The summed E-state index contributed by atoms with van der Waals surface area (Å²) in [6.45, 7) is 0. The van der Waals surface area contributed by atoms with E-state index in [0.717, 1.165) is 0 Å². The van der Waals surface area contributed by atoms with Crippen LogP contribution in [-0.2, 0) is 11.8 Å². The van der Waals surface area contributed by atoms with Crippen molar-refractivity contribution in [3.8, 4) is 0 Å². The summed E-state index contributed by atoms with van der Waals surface area (Å²) in [5.41, 5.74) is 0. The smallest absolute Gasteiger partial charge is 0.0685 e. The minimum absolute atomic E-state index is 0.126. The normalized spacial score (nSPS) is 27.4. The van der Waals surface area contributed by atoms with E-state index in [-0.39, 0.29) is 6.33 Å². The largest absolute Gasteiger partial charge is 0.0952 e. The predicted molar refractivity (Wildman–Crippen MR) is 88.5 cm³/mol. The average molecular weight is 312 g/mol. The molecule has 0 amide bonds. The zero-order valence-corrected chi connectivity index (χ0v) is 13.1. The summed E-state index contributed by atoms with van der Waals surface area (Å²) in [6.07, 6.45) is -0.126. The van der Waals surface area contributed by atoms with Crippen LogP contribution in [0.4, 0.5) is 0 Å². The van der Waals surface area contributed by atoms with Gasteiger partial charge in [0.1, 0.15) is 0 Å². The average Bonchev–Trinajstić information content (AvgIpc) is 2.37. The molecular weight excluding hydrogens is 302 g/mol. The Kier molecular flexibility index (Phi) is 3.66. The molecule has 2 aromatic rings. The van der Waals surface area contributed by atoms with Crippen LogP contribution in [0, 0.1) is 0 Å². The molecule has 1 fully saturated rings. The highest BCUT2D eigenvalue weighted by Crippen LogP contribution is 2.99. The summed E-state index contributed by atoms with van der Waals surface area (Å²) in [5, 5.41) is 2.81. The lowest BCUT2D eigenvalue weighted by atomic mass is 10.4. The fourth-order valence-electron chi connectivity index (χ4n) is 1.55. The Hall–Kier alpha value is 0.220. The van der Waals surface area contributed by atoms with Gasteiger partial charge in [-0.3, -0.25) is 0 Å². The zero-order valence-electron chi connectivity index (χ0n) is 8.89. The minimum Gasteiger partial charge on any atom is -0.0685 e. The van der Waals surface area contributed by atoms with Gasteiger partial charge in [-0.15, -0.1) is 0 Å². The van der Waals surface area contributed by atoms with Crippen molar-refractivity contribution < 1.29 is 0 Å². The lowest BCUT2D eigenvalue weighted by Gasteiger charge is -2.37. The van der Waals surface area contributed by atoms with Gasteiger partial charge in [-0.05, 0) is 5.30 Å². The van der Waals surface area contributed by atoms with Crippen LogP contribution in [0.5, 0.6) is 0 Å². The van der Waals surface area contributed by atoms with Gasteiger partial charge in [-0.2, -0.15) is 0 Å². The predicted octanol–water partition coefficient (Wildman–Crippen LogP) is 4.74. The highest BCUT2D eigenvalue weighted by molar-refractivity contribution is 9.43. The summed E-state index contributed by atoms with van der Waals surface area (Å²) >= 11 is 9.90. The summed E-state index contributed by atoms with van der Waals surface area (Å²) < 4.78 is -1.37. The molecular formula is C12H10P2S3. The monoisotopic (exact) mass is 312 g/mol. The van der Waals surface area contributed by atoms with E-state index in [2.05, 4.69) is 60.7 Å². The van der Waals surface area contributed by atoms with Crippen LogP contribution < -0.4 is 10.6 Å². The van der Waals surface area contributed by atoms with Crippen molar-refractivity contribution in [3.05, 3.63) is 60.7 Å². The van der Waals surface area contributed by atoms with Crippen LogP contribution in [0.15, 0.2) is 60.7 Å². The first-order valence-electron chi connectivity index (χ1n) is 5.18. The molecule has 2 aromatic carbocycles. The quantitative estimate of drug-likeness (QED) is 0.735. The molecule has 0 radical (unpaired) electrons. The van der Waals surface area contributed by atoms with Gasteiger partial charge in [0.25, 0.3) is 0 Å². The molecule has 3 rings (SSSR count). The molecule has 0 bridgehead atoms. The molecule has 0 unspecified atom stereocenters. The molecule has 1 aliphatic rings. The van der Waals surface area contributed by atoms with Crippen LogP contribution in [-0.4, -0.2) is 0 Å². The summed E-state index contributed by atoms with van der Waals surface area (Å²) in [7, 11) is 0. The van der Waals surface area contributed by atoms with Gasteiger partial charge in [0, 0.05) is 5.30 Å². The lowest BCUT2D eigenvalue weighted by molar-refractivity contribution is 1.78. The molecule has 0 saturated carbocycles. The molecule has 1 heterocycles. The summed E-state index contributed by atoms with van der Waals surface area (Å²) in [4.78, 5) is 0. The Bertz CT molecular complexity index is 546. The second kappa shape index (κ2) is 5.07. The van der Waals surface area contributed by atoms with Crippen LogP contribution in [0.25, 0.3) is 0 Å². The van der Waals surface area contributed by atoms with Crippen molar-refractivity contribution in [2.24, 2.45) is 0 Å². The molecule has 0 aliphatic carbocycles. The van der Waals surface area contributed by atoms with Gasteiger partial charge in [-0.1, -0.05) is 94.5 Å². The van der Waals surface area contributed by atoms with E-state index in [1.165, 1.54) is 10.6 Å². The van der Waals surface area contributed by atoms with Crippen LogP contribution >= 0.6 is 32.8 Å². The first-order chi connectivity index (χ1) is 8.28. The Morgan fingerprint density at radius 1 is 0.824 bits per heavy atom. The number of benzene rings is 2. The molecule has 5 heteroatoms. The number of hydrogen-bond acceptors (Lipinski definition) is 3. The van der Waals surface area contributed by atoms with Crippen molar-refractivity contribution in [2.45, 2.75) is 0 Å². The van der Waals surface area contributed by atoms with Crippen molar-refractivity contribution in [1.29, 1.82) is 0 Å². The van der Waals surface area contributed by atoms with E-state index < -0.39 is 4.44 Å². The molecule has 1 saturated heterocycles. The molecule has 0 nitrogen and oxygen atoms in total. The maximum absolute atomic E-state index is 5.83. The first kappa shape index (κ1) is 12.3. The van der Waals surface area contributed by atoms with E-state index in [4.69, 9.17) is 11.8 Å². The molecule has 17 heavy (non-hydrogen) atoms. The standard InChI is InChI=1S/C12H10P2S3/c15-14(12-9-5-2-6-10-12)16-13(17-14)11-7-3-1-4-8-11/h1-10H. The first-order valence-corrected chi connectivity index (χ1v) is 13.4. The molecule has 0 N–H and O–H groups in total. The maximum Gasteiger partial charge on any atom is 0.0952 e. The summed E-state index contributed by atoms with van der Waals surface area (Å²) in [6, 6.07) is 21.3. The molecule has 86 valence electrons. The van der Waals surface area contributed by atoms with E-state index in [0.29, 0.717) is 0 Å². The third kappa shape index (κ3) is 2.50. The number of rotatable bonds is 2. The fraction of sp³-hybridized carbons (Fsp3) is 0. The minimum atomic E-state index is -1.37. The second-order valence-corrected chi connectivity index (χ2v) is 20.3. The Balaban J connectivity index is 1.79. The molecule has 0 atom stereocenters. The second-order valence-electron chi connectivity index (χ2n) is 3.59. The SMILES string of the molecule is S=P1(c2ccccc2)SP(c2ccccc2)S1. The molecule has 0 aromatic heterocycles. The molecule has 0 spiro atoms. The van der Waals surface area contributed by atoms with Gasteiger partial charge < -0.3 is 0 Å². The van der Waals surface area contributed by atoms with E-state index >= 15 is 0 Å². The third-order valence-corrected chi connectivity index (χ3v) is 27.5. The van der Waals surface area contributed by atoms with Gasteiger partial charge in [0.2, 0.25) is 0 Å². The van der Waals surface area contributed by atoms with Crippen molar-refractivity contribution >= 4 is 55.2 Å². The fourth-order valence-corrected chi connectivity index (χ4v) is 27.5. The van der Waals surface area contributed by atoms with Crippen molar-refractivity contribution in [3.63, 3.8) is 0 Å². The van der Waals surface area contributed by atoms with Crippen molar-refractivity contribution in [2.75, 3.05) is 0 Å². The Morgan fingerprint density at radius 2 is 1.35 bits per heavy atom. The zero-order chi connectivity index (χ0) is 11.7. The maximum atomic E-state index is 5.83. The van der Waals surface area contributed by atoms with E-state index in [9.17, 15) is 0 Å². The highest BCUT2D eigenvalue weighted by Gasteiger charge is 2.39. The van der Waals surface area contributed by atoms with E-state index in [1.807, 2.05) is 22.0 Å². The lowest BCUT2D eigenvalue weighted by Crippen LogP contribution is -2.05.